The zero-order valence-corrected chi connectivity index (χ0v) is 16.8. The number of carbonyl (C=O) groups is 2. The predicted molar refractivity (Wildman–Crippen MR) is 95.0 cm³/mol. The van der Waals surface area contributed by atoms with Crippen molar-refractivity contribution in [2.24, 2.45) is 0 Å². The average Bonchev–Trinajstić information content (AvgIpc) is 2.34. The van der Waals surface area contributed by atoms with Gasteiger partial charge in [0.15, 0.2) is 0 Å². The third-order valence-electron chi connectivity index (χ3n) is 2.95. The fraction of sp³-hybridized carbons (Fsp3) is 0.846. The summed E-state index contributed by atoms with van der Waals surface area (Å²) in [7, 11) is -7.50. The van der Waals surface area contributed by atoms with Gasteiger partial charge < -0.3 is 10.6 Å². The minimum atomic E-state index is -3.78. The normalized spacial score (nSPS) is 13.4. The van der Waals surface area contributed by atoms with Gasteiger partial charge in [-0.2, -0.15) is 0 Å². The molecule has 0 aliphatic carbocycles. The molecule has 25 heavy (non-hydrogen) atoms. The van der Waals surface area contributed by atoms with Gasteiger partial charge in [-0.15, -0.1) is 0 Å². The van der Waals surface area contributed by atoms with Crippen LogP contribution in [-0.2, 0) is 20.0 Å². The summed E-state index contributed by atoms with van der Waals surface area (Å²) >= 11 is 0. The van der Waals surface area contributed by atoms with Crippen molar-refractivity contribution in [3.63, 3.8) is 0 Å². The van der Waals surface area contributed by atoms with Crippen LogP contribution in [0.5, 0.6) is 0 Å². The van der Waals surface area contributed by atoms with Crippen LogP contribution in [0.3, 0.4) is 0 Å². The standard InChI is InChI=1S/C13H28N4O6S2/c1-9(2)14-12(18)16-24(20,21)8-6-7-11(5)15-13(19)17-25(22,23)10(3)4/h9-11H,6-8H2,1-5H3,(H2,14,16,18)(H2,15,17,19). The van der Waals surface area contributed by atoms with Crippen molar-refractivity contribution in [2.45, 2.75) is 64.8 Å². The molecule has 0 bridgehead atoms. The van der Waals surface area contributed by atoms with E-state index in [1.165, 1.54) is 13.8 Å². The van der Waals surface area contributed by atoms with Crippen molar-refractivity contribution in [2.75, 3.05) is 5.75 Å². The van der Waals surface area contributed by atoms with E-state index in [4.69, 9.17) is 0 Å². The summed E-state index contributed by atoms with van der Waals surface area (Å²) in [5.41, 5.74) is 0. The lowest BCUT2D eigenvalue weighted by Crippen LogP contribution is -2.46. The number of hydrogen-bond acceptors (Lipinski definition) is 6. The van der Waals surface area contributed by atoms with Gasteiger partial charge >= 0.3 is 12.1 Å². The van der Waals surface area contributed by atoms with Gasteiger partial charge in [0, 0.05) is 12.1 Å². The van der Waals surface area contributed by atoms with E-state index in [0.717, 1.165) is 0 Å². The average molecular weight is 401 g/mol. The molecule has 1 unspecified atom stereocenters. The summed E-state index contributed by atoms with van der Waals surface area (Å²) in [5.74, 6) is -0.295. The topological polar surface area (TPSA) is 151 Å². The van der Waals surface area contributed by atoms with Crippen LogP contribution in [0.15, 0.2) is 0 Å². The quantitative estimate of drug-likeness (QED) is 0.435. The molecule has 0 saturated carbocycles. The van der Waals surface area contributed by atoms with E-state index in [0.29, 0.717) is 6.42 Å². The van der Waals surface area contributed by atoms with Crippen LogP contribution < -0.4 is 20.1 Å². The maximum absolute atomic E-state index is 11.7. The molecule has 0 fully saturated rings. The molecule has 10 nitrogen and oxygen atoms in total. The summed E-state index contributed by atoms with van der Waals surface area (Å²) in [5, 5.41) is 4.08. The Balaban J connectivity index is 4.28. The Bertz CT molecular complexity index is 658. The molecule has 1 atom stereocenters. The summed E-state index contributed by atoms with van der Waals surface area (Å²) in [6, 6.07) is -2.29. The molecule has 0 heterocycles. The first-order chi connectivity index (χ1) is 11.2. The molecule has 0 spiro atoms. The maximum Gasteiger partial charge on any atom is 0.328 e. The molecule has 0 saturated heterocycles. The molecule has 0 aromatic carbocycles. The molecular formula is C13H28N4O6S2. The van der Waals surface area contributed by atoms with Crippen molar-refractivity contribution in [1.82, 2.24) is 20.1 Å². The van der Waals surface area contributed by atoms with E-state index < -0.39 is 43.4 Å². The smallest absolute Gasteiger partial charge is 0.328 e. The highest BCUT2D eigenvalue weighted by Crippen LogP contribution is 2.01. The Hall–Kier alpha value is -1.56. The number of urea groups is 2. The van der Waals surface area contributed by atoms with Crippen molar-refractivity contribution < 1.29 is 26.4 Å². The third kappa shape index (κ3) is 10.8. The van der Waals surface area contributed by atoms with Crippen molar-refractivity contribution in [3.05, 3.63) is 0 Å². The largest absolute Gasteiger partial charge is 0.335 e. The summed E-state index contributed by atoms with van der Waals surface area (Å²) in [6.45, 7) is 7.89. The van der Waals surface area contributed by atoms with E-state index in [1.807, 2.05) is 9.44 Å². The summed E-state index contributed by atoms with van der Waals surface area (Å²) < 4.78 is 50.3. The van der Waals surface area contributed by atoms with Crippen molar-refractivity contribution in [3.8, 4) is 0 Å². The fourth-order valence-corrected chi connectivity index (χ4v) is 3.18. The Labute approximate surface area is 149 Å². The molecule has 0 rings (SSSR count). The highest BCUT2D eigenvalue weighted by atomic mass is 32.2. The van der Waals surface area contributed by atoms with E-state index in [2.05, 4.69) is 10.6 Å². The third-order valence-corrected chi connectivity index (χ3v) is 5.98. The van der Waals surface area contributed by atoms with Gasteiger partial charge in [-0.25, -0.2) is 35.9 Å². The predicted octanol–water partition coefficient (Wildman–Crippen LogP) is 0.230. The number of carbonyl (C=O) groups excluding carboxylic acids is 2. The summed E-state index contributed by atoms with van der Waals surface area (Å²) in [6.07, 6.45) is 0.477. The fourth-order valence-electron chi connectivity index (χ4n) is 1.64. The lowest BCUT2D eigenvalue weighted by atomic mass is 10.2. The van der Waals surface area contributed by atoms with E-state index in [-0.39, 0.29) is 18.2 Å². The van der Waals surface area contributed by atoms with Gasteiger partial charge in [0.1, 0.15) is 0 Å². The number of nitrogens with one attached hydrogen (secondary N) is 4. The van der Waals surface area contributed by atoms with Crippen LogP contribution in [0.2, 0.25) is 0 Å². The molecule has 4 amide bonds. The Morgan fingerprint density at radius 2 is 1.36 bits per heavy atom. The molecule has 148 valence electrons. The molecule has 0 aliphatic rings. The lowest BCUT2D eigenvalue weighted by Gasteiger charge is -2.16. The second kappa shape index (κ2) is 9.80. The molecule has 0 radical (unpaired) electrons. The second-order valence-corrected chi connectivity index (χ2v) is 10.3. The maximum atomic E-state index is 11.7. The van der Waals surface area contributed by atoms with Gasteiger partial charge in [-0.1, -0.05) is 0 Å². The first-order valence-electron chi connectivity index (χ1n) is 7.88. The van der Waals surface area contributed by atoms with Crippen LogP contribution in [0.1, 0.15) is 47.5 Å². The van der Waals surface area contributed by atoms with Crippen LogP contribution in [0, 0.1) is 0 Å². The molecular weight excluding hydrogens is 372 g/mol. The Morgan fingerprint density at radius 1 is 0.840 bits per heavy atom. The molecule has 0 aromatic heterocycles. The number of sulfonamides is 2. The monoisotopic (exact) mass is 400 g/mol. The Morgan fingerprint density at radius 3 is 1.84 bits per heavy atom. The molecule has 4 N–H and O–H groups in total. The summed E-state index contributed by atoms with van der Waals surface area (Å²) in [4.78, 5) is 23.0. The van der Waals surface area contributed by atoms with E-state index >= 15 is 0 Å². The highest BCUT2D eigenvalue weighted by molar-refractivity contribution is 7.90. The highest BCUT2D eigenvalue weighted by Gasteiger charge is 2.20. The van der Waals surface area contributed by atoms with Crippen molar-refractivity contribution >= 4 is 32.1 Å². The number of rotatable bonds is 9. The minimum absolute atomic E-state index is 0.183. The second-order valence-electron chi connectivity index (χ2n) is 6.26. The zero-order valence-electron chi connectivity index (χ0n) is 15.1. The number of hydrogen-bond donors (Lipinski definition) is 4. The molecule has 0 aromatic rings. The first kappa shape index (κ1) is 23.4. The van der Waals surface area contributed by atoms with Crippen LogP contribution in [-0.4, -0.2) is 52.0 Å². The van der Waals surface area contributed by atoms with E-state index in [9.17, 15) is 26.4 Å². The van der Waals surface area contributed by atoms with Gasteiger partial charge in [0.05, 0.1) is 11.0 Å². The zero-order chi connectivity index (χ0) is 19.8. The van der Waals surface area contributed by atoms with Gasteiger partial charge in [-0.05, 0) is 47.5 Å². The van der Waals surface area contributed by atoms with Gasteiger partial charge in [-0.3, -0.25) is 0 Å². The van der Waals surface area contributed by atoms with Gasteiger partial charge in [0.25, 0.3) is 0 Å². The molecule has 12 heteroatoms. The van der Waals surface area contributed by atoms with Crippen LogP contribution in [0.25, 0.3) is 0 Å². The van der Waals surface area contributed by atoms with Crippen LogP contribution in [0.4, 0.5) is 9.59 Å². The van der Waals surface area contributed by atoms with Crippen LogP contribution >= 0.6 is 0 Å². The van der Waals surface area contributed by atoms with Gasteiger partial charge in [0.2, 0.25) is 20.0 Å². The van der Waals surface area contributed by atoms with E-state index in [1.54, 1.807) is 20.8 Å². The SMILES string of the molecule is CC(C)NC(=O)NS(=O)(=O)CCCC(C)NC(=O)NS(=O)(=O)C(C)C. The number of amides is 4. The minimum Gasteiger partial charge on any atom is -0.335 e. The Kier molecular flexibility index (Phi) is 9.19. The lowest BCUT2D eigenvalue weighted by molar-refractivity contribution is 0.241. The first-order valence-corrected chi connectivity index (χ1v) is 11.1. The van der Waals surface area contributed by atoms with Crippen molar-refractivity contribution in [1.29, 1.82) is 0 Å². The molecule has 0 aliphatic heterocycles.